The lowest BCUT2D eigenvalue weighted by molar-refractivity contribution is -0.123. The molecule has 20 heavy (non-hydrogen) atoms. The van der Waals surface area contributed by atoms with Gasteiger partial charge in [0.2, 0.25) is 5.91 Å². The summed E-state index contributed by atoms with van der Waals surface area (Å²) in [6.07, 6.45) is 4.62. The lowest BCUT2D eigenvalue weighted by Gasteiger charge is -2.31. The van der Waals surface area contributed by atoms with E-state index in [-0.39, 0.29) is 11.8 Å². The fourth-order valence-electron chi connectivity index (χ4n) is 2.86. The average Bonchev–Trinajstić information content (AvgIpc) is 2.49. The molecular formula is C17H22N2O. The Morgan fingerprint density at radius 1 is 1.25 bits per heavy atom. The fraction of sp³-hybridized carbons (Fsp3) is 0.529. The maximum absolute atomic E-state index is 12.7. The summed E-state index contributed by atoms with van der Waals surface area (Å²) in [5.41, 5.74) is 0.909. The summed E-state index contributed by atoms with van der Waals surface area (Å²) in [5, 5.41) is 8.80. The molecule has 1 aromatic rings. The molecule has 0 bridgehead atoms. The maximum atomic E-state index is 12.7. The van der Waals surface area contributed by atoms with Gasteiger partial charge in [0.05, 0.1) is 12.5 Å². The van der Waals surface area contributed by atoms with E-state index in [4.69, 9.17) is 5.26 Å². The minimum atomic E-state index is 0.130. The van der Waals surface area contributed by atoms with Crippen LogP contribution in [0.25, 0.3) is 0 Å². The molecule has 3 nitrogen and oxygen atoms in total. The number of amides is 1. The number of anilines is 1. The Kier molecular flexibility index (Phi) is 5.17. The van der Waals surface area contributed by atoms with E-state index in [0.717, 1.165) is 37.3 Å². The molecule has 0 N–H and O–H groups in total. The third kappa shape index (κ3) is 3.60. The van der Waals surface area contributed by atoms with E-state index in [1.165, 1.54) is 0 Å². The maximum Gasteiger partial charge on any atom is 0.230 e. The predicted molar refractivity (Wildman–Crippen MR) is 80.1 cm³/mol. The van der Waals surface area contributed by atoms with Crippen molar-refractivity contribution in [3.8, 4) is 6.07 Å². The molecule has 1 saturated carbocycles. The van der Waals surface area contributed by atoms with Crippen LogP contribution in [0.15, 0.2) is 30.3 Å². The number of para-hydroxylation sites is 1. The average molecular weight is 270 g/mol. The van der Waals surface area contributed by atoms with E-state index < -0.39 is 0 Å². The standard InChI is InChI=1S/C17H22N2O/c1-14-8-10-15(11-9-14)17(20)19(13-5-12-18)16-6-3-2-4-7-16/h2-4,6-7,14-15H,5,8-11,13H2,1H3. The fourth-order valence-corrected chi connectivity index (χ4v) is 2.86. The number of hydrogen-bond acceptors (Lipinski definition) is 2. The van der Waals surface area contributed by atoms with Crippen LogP contribution in [0.4, 0.5) is 5.69 Å². The summed E-state index contributed by atoms with van der Waals surface area (Å²) in [7, 11) is 0. The van der Waals surface area contributed by atoms with Gasteiger partial charge in [0.15, 0.2) is 0 Å². The van der Waals surface area contributed by atoms with Crippen molar-refractivity contribution in [2.24, 2.45) is 11.8 Å². The Balaban J connectivity index is 2.10. The SMILES string of the molecule is CC1CCC(C(=O)N(CCC#N)c2ccccc2)CC1. The van der Waals surface area contributed by atoms with E-state index in [1.807, 2.05) is 30.3 Å². The molecular weight excluding hydrogens is 248 g/mol. The Labute approximate surface area is 121 Å². The number of carbonyl (C=O) groups is 1. The molecule has 1 amide bonds. The molecule has 0 atom stereocenters. The summed E-state index contributed by atoms with van der Waals surface area (Å²) in [5.74, 6) is 1.06. The normalized spacial score (nSPS) is 22.0. The lowest BCUT2D eigenvalue weighted by Crippen LogP contribution is -2.38. The minimum Gasteiger partial charge on any atom is -0.311 e. The molecule has 1 aliphatic rings. The zero-order valence-corrected chi connectivity index (χ0v) is 12.1. The van der Waals surface area contributed by atoms with Crippen molar-refractivity contribution in [3.05, 3.63) is 30.3 Å². The molecule has 0 spiro atoms. The van der Waals surface area contributed by atoms with E-state index in [0.29, 0.717) is 13.0 Å². The monoisotopic (exact) mass is 270 g/mol. The van der Waals surface area contributed by atoms with Crippen molar-refractivity contribution in [3.63, 3.8) is 0 Å². The molecule has 1 aliphatic carbocycles. The first kappa shape index (κ1) is 14.6. The first-order valence-electron chi connectivity index (χ1n) is 7.45. The van der Waals surface area contributed by atoms with Crippen LogP contribution < -0.4 is 4.90 Å². The minimum absolute atomic E-state index is 0.130. The molecule has 106 valence electrons. The molecule has 0 heterocycles. The predicted octanol–water partition coefficient (Wildman–Crippen LogP) is 3.76. The lowest BCUT2D eigenvalue weighted by atomic mass is 9.82. The smallest absolute Gasteiger partial charge is 0.230 e. The van der Waals surface area contributed by atoms with Crippen LogP contribution in [-0.4, -0.2) is 12.5 Å². The van der Waals surface area contributed by atoms with Gasteiger partial charge in [-0.15, -0.1) is 0 Å². The van der Waals surface area contributed by atoms with E-state index in [2.05, 4.69) is 13.0 Å². The van der Waals surface area contributed by atoms with E-state index in [1.54, 1.807) is 4.90 Å². The summed E-state index contributed by atoms with van der Waals surface area (Å²) < 4.78 is 0. The highest BCUT2D eigenvalue weighted by molar-refractivity contribution is 5.95. The second kappa shape index (κ2) is 7.09. The second-order valence-electron chi connectivity index (χ2n) is 5.69. The van der Waals surface area contributed by atoms with Crippen LogP contribution >= 0.6 is 0 Å². The number of nitriles is 1. The van der Waals surface area contributed by atoms with Crippen LogP contribution in [0.3, 0.4) is 0 Å². The van der Waals surface area contributed by atoms with Crippen molar-refractivity contribution >= 4 is 11.6 Å². The van der Waals surface area contributed by atoms with Crippen LogP contribution in [0.1, 0.15) is 39.0 Å². The van der Waals surface area contributed by atoms with Crippen molar-refractivity contribution in [1.82, 2.24) is 0 Å². The van der Waals surface area contributed by atoms with Crippen molar-refractivity contribution in [2.45, 2.75) is 39.0 Å². The summed E-state index contributed by atoms with van der Waals surface area (Å²) in [6.45, 7) is 2.75. The highest BCUT2D eigenvalue weighted by atomic mass is 16.2. The van der Waals surface area contributed by atoms with Gasteiger partial charge < -0.3 is 4.90 Å². The molecule has 0 saturated heterocycles. The number of hydrogen-bond donors (Lipinski definition) is 0. The van der Waals surface area contributed by atoms with Crippen molar-refractivity contribution in [1.29, 1.82) is 5.26 Å². The molecule has 1 aromatic carbocycles. The van der Waals surface area contributed by atoms with Gasteiger partial charge in [-0.3, -0.25) is 4.79 Å². The van der Waals surface area contributed by atoms with Crippen molar-refractivity contribution < 1.29 is 4.79 Å². The van der Waals surface area contributed by atoms with Gasteiger partial charge in [0.1, 0.15) is 0 Å². The summed E-state index contributed by atoms with van der Waals surface area (Å²) in [4.78, 5) is 14.5. The number of rotatable bonds is 4. The Morgan fingerprint density at radius 3 is 2.50 bits per heavy atom. The van der Waals surface area contributed by atoms with Crippen LogP contribution in [-0.2, 0) is 4.79 Å². The van der Waals surface area contributed by atoms with Gasteiger partial charge in [-0.25, -0.2) is 0 Å². The molecule has 3 heteroatoms. The van der Waals surface area contributed by atoms with E-state index >= 15 is 0 Å². The van der Waals surface area contributed by atoms with Crippen molar-refractivity contribution in [2.75, 3.05) is 11.4 Å². The van der Waals surface area contributed by atoms with Gasteiger partial charge in [-0.1, -0.05) is 25.1 Å². The molecule has 0 aromatic heterocycles. The summed E-state index contributed by atoms with van der Waals surface area (Å²) in [6, 6.07) is 11.8. The Morgan fingerprint density at radius 2 is 1.90 bits per heavy atom. The Hall–Kier alpha value is -1.82. The quantitative estimate of drug-likeness (QED) is 0.836. The third-order valence-electron chi connectivity index (χ3n) is 4.15. The van der Waals surface area contributed by atoms with Gasteiger partial charge in [0, 0.05) is 18.2 Å². The number of carbonyl (C=O) groups excluding carboxylic acids is 1. The molecule has 2 rings (SSSR count). The summed E-state index contributed by atoms with van der Waals surface area (Å²) >= 11 is 0. The van der Waals surface area contributed by atoms with E-state index in [9.17, 15) is 4.79 Å². The van der Waals surface area contributed by atoms with Gasteiger partial charge >= 0.3 is 0 Å². The zero-order chi connectivity index (χ0) is 14.4. The number of benzene rings is 1. The third-order valence-corrected chi connectivity index (χ3v) is 4.15. The Bertz CT molecular complexity index is 470. The largest absolute Gasteiger partial charge is 0.311 e. The topological polar surface area (TPSA) is 44.1 Å². The van der Waals surface area contributed by atoms with Gasteiger partial charge in [-0.2, -0.15) is 5.26 Å². The molecule has 1 fully saturated rings. The highest BCUT2D eigenvalue weighted by Crippen LogP contribution is 2.30. The van der Waals surface area contributed by atoms with Gasteiger partial charge in [-0.05, 0) is 43.7 Å². The molecule has 0 unspecified atom stereocenters. The van der Waals surface area contributed by atoms with Crippen LogP contribution in [0.2, 0.25) is 0 Å². The first-order valence-corrected chi connectivity index (χ1v) is 7.45. The molecule has 0 radical (unpaired) electrons. The zero-order valence-electron chi connectivity index (χ0n) is 12.1. The van der Waals surface area contributed by atoms with Crippen LogP contribution in [0, 0.1) is 23.2 Å². The molecule has 0 aliphatic heterocycles. The second-order valence-corrected chi connectivity index (χ2v) is 5.69. The van der Waals surface area contributed by atoms with Crippen LogP contribution in [0.5, 0.6) is 0 Å². The number of nitrogens with zero attached hydrogens (tertiary/aromatic N) is 2. The first-order chi connectivity index (χ1) is 9.72. The highest BCUT2D eigenvalue weighted by Gasteiger charge is 2.28. The van der Waals surface area contributed by atoms with Gasteiger partial charge in [0.25, 0.3) is 0 Å².